The van der Waals surface area contributed by atoms with Gasteiger partial charge in [-0.1, -0.05) is 12.1 Å². The average molecular weight is 565 g/mol. The molecule has 1 aromatic heterocycles. The molecule has 0 saturated carbocycles. The molecule has 0 atom stereocenters. The van der Waals surface area contributed by atoms with Crippen molar-refractivity contribution >= 4 is 29.9 Å². The van der Waals surface area contributed by atoms with Crippen molar-refractivity contribution in [2.45, 2.75) is 26.4 Å². The molecule has 0 aliphatic carbocycles. The van der Waals surface area contributed by atoms with Gasteiger partial charge in [0.1, 0.15) is 11.6 Å². The summed E-state index contributed by atoms with van der Waals surface area (Å²) in [6.07, 6.45) is 5.15. The van der Waals surface area contributed by atoms with Gasteiger partial charge in [-0.3, -0.25) is 4.99 Å². The van der Waals surface area contributed by atoms with Gasteiger partial charge in [-0.2, -0.15) is 5.10 Å². The van der Waals surface area contributed by atoms with Crippen LogP contribution in [0, 0.1) is 5.82 Å². The van der Waals surface area contributed by atoms with E-state index in [2.05, 4.69) is 45.0 Å². The minimum Gasteiger partial charge on any atom is -0.467 e. The lowest BCUT2D eigenvalue weighted by Gasteiger charge is -2.20. The third kappa shape index (κ3) is 6.91. The molecule has 0 spiro atoms. The highest BCUT2D eigenvalue weighted by Gasteiger charge is 2.16. The van der Waals surface area contributed by atoms with Gasteiger partial charge in [0.25, 0.3) is 0 Å². The van der Waals surface area contributed by atoms with Crippen LogP contribution in [0.4, 0.5) is 4.39 Å². The molecule has 2 N–H and O–H groups in total. The molecule has 0 bridgehead atoms. The van der Waals surface area contributed by atoms with Crippen LogP contribution in [0.3, 0.4) is 0 Å². The van der Waals surface area contributed by atoms with Crippen LogP contribution in [0.1, 0.15) is 23.6 Å². The summed E-state index contributed by atoms with van der Waals surface area (Å²) < 4.78 is 26.6. The van der Waals surface area contributed by atoms with E-state index in [0.29, 0.717) is 19.6 Å². The molecule has 0 fully saturated rings. The Labute approximate surface area is 210 Å². The third-order valence-corrected chi connectivity index (χ3v) is 5.16. The van der Waals surface area contributed by atoms with Crippen LogP contribution >= 0.6 is 24.0 Å². The maximum absolute atomic E-state index is 13.9. The molecule has 1 aliphatic rings. The predicted molar refractivity (Wildman–Crippen MR) is 137 cm³/mol. The third-order valence-electron chi connectivity index (χ3n) is 5.16. The lowest BCUT2D eigenvalue weighted by molar-refractivity contribution is -0.0172. The van der Waals surface area contributed by atoms with Gasteiger partial charge in [0.15, 0.2) is 12.8 Å². The summed E-state index contributed by atoms with van der Waals surface area (Å²) in [5, 5.41) is 10.9. The molecular formula is C24H29FIN5O2. The summed E-state index contributed by atoms with van der Waals surface area (Å²) in [4.78, 5) is 4.64. The molecule has 0 unspecified atom stereocenters. The number of aromatic nitrogens is 2. The highest BCUT2D eigenvalue weighted by Crippen LogP contribution is 2.29. The van der Waals surface area contributed by atoms with Gasteiger partial charge in [-0.25, -0.2) is 9.07 Å². The first-order valence-electron chi connectivity index (χ1n) is 10.9. The van der Waals surface area contributed by atoms with Crippen LogP contribution in [0.15, 0.2) is 59.9 Å². The van der Waals surface area contributed by atoms with Gasteiger partial charge >= 0.3 is 0 Å². The highest BCUT2D eigenvalue weighted by molar-refractivity contribution is 14.0. The van der Waals surface area contributed by atoms with E-state index >= 15 is 0 Å². The second kappa shape index (κ2) is 12.5. The Kier molecular flexibility index (Phi) is 9.49. The number of aliphatic imine (C=N–C) groups is 1. The summed E-state index contributed by atoms with van der Waals surface area (Å²) >= 11 is 0. The quantitative estimate of drug-likeness (QED) is 0.247. The number of hydrogen-bond donors (Lipinski definition) is 2. The second-order valence-electron chi connectivity index (χ2n) is 7.47. The molecule has 9 heteroatoms. The number of fused-ring (bicyclic) bond motifs is 1. The Balaban J connectivity index is 0.00000306. The van der Waals surface area contributed by atoms with Crippen molar-refractivity contribution in [3.8, 4) is 11.4 Å². The fraction of sp³-hybridized carbons (Fsp3) is 0.333. The van der Waals surface area contributed by atoms with Crippen LogP contribution in [-0.4, -0.2) is 42.2 Å². The highest BCUT2D eigenvalue weighted by atomic mass is 127. The SMILES string of the molecule is CCNC(=NCCc1cc(F)cc2c1OCOC2)NCCc1ccc(-n2cccn2)cc1.I. The minimum atomic E-state index is -0.277. The van der Waals surface area contributed by atoms with Crippen molar-refractivity contribution in [3.05, 3.63) is 77.4 Å². The minimum absolute atomic E-state index is 0. The maximum Gasteiger partial charge on any atom is 0.191 e. The van der Waals surface area contributed by atoms with Crippen LogP contribution < -0.4 is 15.4 Å². The molecule has 2 heterocycles. The van der Waals surface area contributed by atoms with E-state index < -0.39 is 0 Å². The first kappa shape index (κ1) is 25.0. The van der Waals surface area contributed by atoms with Crippen molar-refractivity contribution in [2.24, 2.45) is 4.99 Å². The van der Waals surface area contributed by atoms with Gasteiger partial charge < -0.3 is 20.1 Å². The molecule has 2 aromatic carbocycles. The standard InChI is InChI=1S/C24H28FN5O2.HI/c1-2-26-24(27-11-8-18-4-6-22(7-5-18)30-13-3-10-29-30)28-12-9-19-14-21(25)15-20-16-31-17-32-23(19)20;/h3-7,10,13-15H,2,8-9,11-12,16-17H2,1H3,(H2,26,27,28);1H. The van der Waals surface area contributed by atoms with E-state index in [1.54, 1.807) is 6.20 Å². The monoisotopic (exact) mass is 565 g/mol. The van der Waals surface area contributed by atoms with E-state index in [4.69, 9.17) is 9.47 Å². The first-order valence-corrected chi connectivity index (χ1v) is 10.9. The van der Waals surface area contributed by atoms with E-state index in [0.717, 1.165) is 48.0 Å². The molecular weight excluding hydrogens is 536 g/mol. The normalized spacial score (nSPS) is 13.0. The molecule has 7 nitrogen and oxygen atoms in total. The molecule has 0 radical (unpaired) electrons. The van der Waals surface area contributed by atoms with E-state index in [1.807, 2.05) is 23.9 Å². The fourth-order valence-electron chi connectivity index (χ4n) is 3.63. The zero-order valence-electron chi connectivity index (χ0n) is 18.6. The fourth-order valence-corrected chi connectivity index (χ4v) is 3.63. The Bertz CT molecular complexity index is 1040. The van der Waals surface area contributed by atoms with Gasteiger partial charge in [-0.15, -0.1) is 24.0 Å². The number of nitrogens with one attached hydrogen (secondary N) is 2. The summed E-state index contributed by atoms with van der Waals surface area (Å²) in [6.45, 7) is 4.64. The van der Waals surface area contributed by atoms with Crippen LogP contribution in [0.5, 0.6) is 5.75 Å². The smallest absolute Gasteiger partial charge is 0.191 e. The lowest BCUT2D eigenvalue weighted by Crippen LogP contribution is -2.38. The summed E-state index contributed by atoms with van der Waals surface area (Å²) in [5.41, 5.74) is 3.84. The number of benzene rings is 2. The largest absolute Gasteiger partial charge is 0.467 e. The number of halogens is 2. The number of guanidine groups is 1. The van der Waals surface area contributed by atoms with Crippen molar-refractivity contribution in [1.82, 2.24) is 20.4 Å². The first-order chi connectivity index (χ1) is 15.7. The van der Waals surface area contributed by atoms with E-state index in [9.17, 15) is 4.39 Å². The maximum atomic E-state index is 13.9. The molecule has 0 saturated heterocycles. The molecule has 4 rings (SSSR count). The predicted octanol–water partition coefficient (Wildman–Crippen LogP) is 3.84. The topological polar surface area (TPSA) is 72.7 Å². The summed E-state index contributed by atoms with van der Waals surface area (Å²) in [6, 6.07) is 13.2. The molecule has 3 aromatic rings. The van der Waals surface area contributed by atoms with Gasteiger partial charge in [0, 0.05) is 37.6 Å². The van der Waals surface area contributed by atoms with Crippen molar-refractivity contribution in [1.29, 1.82) is 0 Å². The number of ether oxygens (including phenoxy) is 2. The number of rotatable bonds is 8. The zero-order chi connectivity index (χ0) is 22.2. The van der Waals surface area contributed by atoms with Crippen molar-refractivity contribution in [2.75, 3.05) is 26.4 Å². The van der Waals surface area contributed by atoms with Crippen molar-refractivity contribution < 1.29 is 13.9 Å². The number of nitrogens with zero attached hydrogens (tertiary/aromatic N) is 3. The Morgan fingerprint density at radius 3 is 2.79 bits per heavy atom. The van der Waals surface area contributed by atoms with E-state index in [-0.39, 0.29) is 36.6 Å². The van der Waals surface area contributed by atoms with Gasteiger partial charge in [-0.05, 0) is 61.2 Å². The Morgan fingerprint density at radius 1 is 1.18 bits per heavy atom. The van der Waals surface area contributed by atoms with Gasteiger partial charge in [0.2, 0.25) is 0 Å². The van der Waals surface area contributed by atoms with Crippen LogP contribution in [0.25, 0.3) is 5.69 Å². The Morgan fingerprint density at radius 2 is 2.03 bits per heavy atom. The van der Waals surface area contributed by atoms with Gasteiger partial charge in [0.05, 0.1) is 12.3 Å². The molecule has 0 amide bonds. The summed E-state index contributed by atoms with van der Waals surface area (Å²) in [7, 11) is 0. The summed E-state index contributed by atoms with van der Waals surface area (Å²) in [5.74, 6) is 1.19. The Hall–Kier alpha value is -2.66. The number of hydrogen-bond acceptors (Lipinski definition) is 4. The molecule has 1 aliphatic heterocycles. The second-order valence-corrected chi connectivity index (χ2v) is 7.47. The molecule has 33 heavy (non-hydrogen) atoms. The van der Waals surface area contributed by atoms with Crippen molar-refractivity contribution in [3.63, 3.8) is 0 Å². The van der Waals surface area contributed by atoms with Crippen LogP contribution in [0.2, 0.25) is 0 Å². The zero-order valence-corrected chi connectivity index (χ0v) is 20.9. The molecule has 176 valence electrons. The van der Waals surface area contributed by atoms with E-state index in [1.165, 1.54) is 17.7 Å². The average Bonchev–Trinajstić information content (AvgIpc) is 3.34. The lowest BCUT2D eigenvalue weighted by atomic mass is 10.1. The van der Waals surface area contributed by atoms with Crippen LogP contribution in [-0.2, 0) is 24.2 Å².